The number of halogens is 2. The van der Waals surface area contributed by atoms with Crippen molar-refractivity contribution in [2.75, 3.05) is 32.1 Å². The number of imidazole rings is 1. The van der Waals surface area contributed by atoms with E-state index in [9.17, 15) is 19.2 Å². The SMILES string of the molecule is COc1cc(-c2nccc(-c3cccc(NC(=O)c4nc5c(n4C)CCN(C(=O)CNC(=O)O)C5)c3Cl)c2Cl)ccc1CNC[C@@H]1CCC(=O)N1. The summed E-state index contributed by atoms with van der Waals surface area (Å²) in [4.78, 5) is 58.8. The molecule has 2 aliphatic rings. The first-order chi connectivity index (χ1) is 24.5. The highest BCUT2D eigenvalue weighted by Crippen LogP contribution is 2.41. The highest BCUT2D eigenvalue weighted by molar-refractivity contribution is 6.39. The van der Waals surface area contributed by atoms with E-state index in [1.54, 1.807) is 49.2 Å². The van der Waals surface area contributed by atoms with Crippen molar-refractivity contribution in [3.05, 3.63) is 81.5 Å². The molecule has 14 nitrogen and oxygen atoms in total. The Kier molecular flexibility index (Phi) is 10.7. The standard InChI is InChI=1S/C35H36Cl2N8O6/c1-44-26-11-13-45(29(47)17-40-35(49)50)18-25(26)42-33(44)34(48)43-24-5-3-4-22(30(24)36)23-10-12-39-32(31(23)37)19-6-7-20(27(14-19)51-2)15-38-16-21-8-9-28(46)41-21/h3-7,10,12,14,21,38,40H,8-9,11,13,15-18H2,1-2H3,(H,41,46)(H,43,48)(H,49,50)/t21-/m0/s1. The molecule has 2 aliphatic heterocycles. The van der Waals surface area contributed by atoms with Crippen molar-refractivity contribution >= 4 is 52.7 Å². The first-order valence-corrected chi connectivity index (χ1v) is 17.0. The molecule has 4 heterocycles. The molecule has 16 heteroatoms. The van der Waals surface area contributed by atoms with Gasteiger partial charge in [0.05, 0.1) is 40.8 Å². The van der Waals surface area contributed by atoms with Crippen molar-refractivity contribution in [2.24, 2.45) is 7.05 Å². The van der Waals surface area contributed by atoms with Crippen molar-refractivity contribution in [1.29, 1.82) is 0 Å². The molecule has 0 aliphatic carbocycles. The molecule has 2 aromatic carbocycles. The van der Waals surface area contributed by atoms with Gasteiger partial charge in [-0.25, -0.2) is 9.78 Å². The molecule has 0 radical (unpaired) electrons. The van der Waals surface area contributed by atoms with E-state index in [0.717, 1.165) is 23.2 Å². The Morgan fingerprint density at radius 2 is 1.90 bits per heavy atom. The van der Waals surface area contributed by atoms with Gasteiger partial charge < -0.3 is 40.6 Å². The molecule has 4 amide bonds. The highest BCUT2D eigenvalue weighted by Gasteiger charge is 2.28. The van der Waals surface area contributed by atoms with Crippen LogP contribution in [0.15, 0.2) is 48.7 Å². The van der Waals surface area contributed by atoms with Crippen molar-refractivity contribution < 1.29 is 29.0 Å². The minimum absolute atomic E-state index is 0.0796. The van der Waals surface area contributed by atoms with Crippen molar-refractivity contribution in [2.45, 2.75) is 38.4 Å². The summed E-state index contributed by atoms with van der Waals surface area (Å²) in [6, 6.07) is 12.8. The van der Waals surface area contributed by atoms with E-state index in [0.29, 0.717) is 71.5 Å². The summed E-state index contributed by atoms with van der Waals surface area (Å²) in [5, 5.41) is 20.7. The molecule has 266 valence electrons. The summed E-state index contributed by atoms with van der Waals surface area (Å²) in [6.45, 7) is 1.39. The Balaban J connectivity index is 1.18. The zero-order chi connectivity index (χ0) is 36.2. The number of amides is 4. The second-order valence-electron chi connectivity index (χ2n) is 12.2. The summed E-state index contributed by atoms with van der Waals surface area (Å²) >= 11 is 13.9. The van der Waals surface area contributed by atoms with Crippen LogP contribution in [0.1, 0.15) is 40.4 Å². The Morgan fingerprint density at radius 1 is 1.10 bits per heavy atom. The van der Waals surface area contributed by atoms with E-state index in [2.05, 4.69) is 31.2 Å². The largest absolute Gasteiger partial charge is 0.496 e. The summed E-state index contributed by atoms with van der Waals surface area (Å²) in [7, 11) is 3.33. The first kappa shape index (κ1) is 35.6. The van der Waals surface area contributed by atoms with Gasteiger partial charge in [-0.1, -0.05) is 47.5 Å². The van der Waals surface area contributed by atoms with Gasteiger partial charge in [0.2, 0.25) is 11.8 Å². The maximum absolute atomic E-state index is 13.5. The van der Waals surface area contributed by atoms with Crippen molar-refractivity contribution in [3.63, 3.8) is 0 Å². The Bertz CT molecular complexity index is 2020. The van der Waals surface area contributed by atoms with Crippen LogP contribution in [0.2, 0.25) is 10.0 Å². The molecule has 5 N–H and O–H groups in total. The number of rotatable bonds is 11. The smallest absolute Gasteiger partial charge is 0.405 e. The average Bonchev–Trinajstić information content (AvgIpc) is 3.69. The van der Waals surface area contributed by atoms with Crippen LogP contribution in [0.3, 0.4) is 0 Å². The van der Waals surface area contributed by atoms with Gasteiger partial charge in [0.1, 0.15) is 12.3 Å². The normalized spacial score (nSPS) is 15.3. The van der Waals surface area contributed by atoms with Gasteiger partial charge in [-0.15, -0.1) is 0 Å². The number of fused-ring (bicyclic) bond motifs is 1. The molecular formula is C35H36Cl2N8O6. The average molecular weight is 736 g/mol. The zero-order valence-corrected chi connectivity index (χ0v) is 29.4. The minimum atomic E-state index is -1.28. The third kappa shape index (κ3) is 7.77. The van der Waals surface area contributed by atoms with Crippen LogP contribution in [0.25, 0.3) is 22.4 Å². The number of carboxylic acid groups (broad SMARTS) is 1. The number of carbonyl (C=O) groups excluding carboxylic acids is 3. The quantitative estimate of drug-likeness (QED) is 0.151. The number of aromatic nitrogens is 3. The van der Waals surface area contributed by atoms with E-state index in [-0.39, 0.29) is 41.8 Å². The second kappa shape index (κ2) is 15.4. The Hall–Kier alpha value is -5.18. The molecule has 0 spiro atoms. The monoisotopic (exact) mass is 734 g/mol. The molecule has 1 atom stereocenters. The lowest BCUT2D eigenvalue weighted by molar-refractivity contribution is -0.131. The number of nitrogens with zero attached hydrogens (tertiary/aromatic N) is 4. The van der Waals surface area contributed by atoms with Crippen LogP contribution in [-0.4, -0.2) is 81.1 Å². The molecule has 4 aromatic rings. The molecular weight excluding hydrogens is 699 g/mol. The molecule has 2 aromatic heterocycles. The maximum atomic E-state index is 13.5. The summed E-state index contributed by atoms with van der Waals surface area (Å²) < 4.78 is 7.38. The van der Waals surface area contributed by atoms with Crippen molar-refractivity contribution in [3.8, 4) is 28.1 Å². The first-order valence-electron chi connectivity index (χ1n) is 16.2. The molecule has 0 unspecified atom stereocenters. The predicted octanol–water partition coefficient (Wildman–Crippen LogP) is 4.24. The van der Waals surface area contributed by atoms with Gasteiger partial charge in [-0.05, 0) is 24.6 Å². The van der Waals surface area contributed by atoms with E-state index in [1.165, 1.54) is 4.90 Å². The van der Waals surface area contributed by atoms with Crippen LogP contribution in [-0.2, 0) is 36.1 Å². The number of carbonyl (C=O) groups is 4. The summed E-state index contributed by atoms with van der Waals surface area (Å²) in [6.07, 6.45) is 2.18. The van der Waals surface area contributed by atoms with Gasteiger partial charge in [0.15, 0.2) is 5.82 Å². The number of anilines is 1. The van der Waals surface area contributed by atoms with Gasteiger partial charge in [-0.2, -0.15) is 0 Å². The number of benzene rings is 2. The third-order valence-electron chi connectivity index (χ3n) is 8.98. The lowest BCUT2D eigenvalue weighted by Gasteiger charge is -2.26. The Labute approximate surface area is 303 Å². The van der Waals surface area contributed by atoms with Crippen LogP contribution in [0.4, 0.5) is 10.5 Å². The molecule has 1 fully saturated rings. The fourth-order valence-corrected chi connectivity index (χ4v) is 6.92. The van der Waals surface area contributed by atoms with E-state index in [4.69, 9.17) is 33.0 Å². The summed E-state index contributed by atoms with van der Waals surface area (Å²) in [5.41, 5.74) is 5.12. The molecule has 0 bridgehead atoms. The number of hydrogen-bond donors (Lipinski definition) is 5. The predicted molar refractivity (Wildman–Crippen MR) is 191 cm³/mol. The van der Waals surface area contributed by atoms with Gasteiger partial charge in [0, 0.05) is 79.7 Å². The van der Waals surface area contributed by atoms with Gasteiger partial charge >= 0.3 is 6.09 Å². The number of hydrogen-bond acceptors (Lipinski definition) is 8. The van der Waals surface area contributed by atoms with E-state index < -0.39 is 12.0 Å². The number of ether oxygens (including phenoxy) is 1. The zero-order valence-electron chi connectivity index (χ0n) is 27.9. The molecule has 6 rings (SSSR count). The van der Waals surface area contributed by atoms with Gasteiger partial charge in [0.25, 0.3) is 5.91 Å². The van der Waals surface area contributed by atoms with Crippen LogP contribution >= 0.6 is 23.2 Å². The minimum Gasteiger partial charge on any atom is -0.496 e. The molecule has 1 saturated heterocycles. The molecule has 51 heavy (non-hydrogen) atoms. The third-order valence-corrected chi connectivity index (χ3v) is 9.77. The van der Waals surface area contributed by atoms with Crippen LogP contribution in [0, 0.1) is 0 Å². The number of methoxy groups -OCH3 is 1. The highest BCUT2D eigenvalue weighted by atomic mass is 35.5. The maximum Gasteiger partial charge on any atom is 0.405 e. The topological polar surface area (TPSA) is 180 Å². The van der Waals surface area contributed by atoms with Gasteiger partial charge in [-0.3, -0.25) is 19.4 Å². The lowest BCUT2D eigenvalue weighted by Crippen LogP contribution is -2.42. The number of nitrogens with one attached hydrogen (secondary N) is 4. The number of pyridine rings is 1. The van der Waals surface area contributed by atoms with E-state index in [1.807, 2.05) is 18.2 Å². The van der Waals surface area contributed by atoms with Crippen molar-refractivity contribution in [1.82, 2.24) is 35.4 Å². The summed E-state index contributed by atoms with van der Waals surface area (Å²) in [5.74, 6) is 0.00917. The molecule has 0 saturated carbocycles. The van der Waals surface area contributed by atoms with E-state index >= 15 is 0 Å². The lowest BCUT2D eigenvalue weighted by atomic mass is 10.0. The second-order valence-corrected chi connectivity index (χ2v) is 13.0. The fourth-order valence-electron chi connectivity index (χ4n) is 6.32. The van der Waals surface area contributed by atoms with Crippen LogP contribution < -0.4 is 26.0 Å². The fraction of sp³-hybridized carbons (Fsp3) is 0.314. The Morgan fingerprint density at radius 3 is 2.65 bits per heavy atom. The van der Waals surface area contributed by atoms with Crippen LogP contribution in [0.5, 0.6) is 5.75 Å².